The molecule has 3 rings (SSSR count). The Balaban J connectivity index is 1.54. The first-order chi connectivity index (χ1) is 13.5. The van der Waals surface area contributed by atoms with E-state index in [1.807, 2.05) is 23.1 Å². The van der Waals surface area contributed by atoms with Crippen molar-refractivity contribution < 1.29 is 4.79 Å². The largest absolute Gasteiger partial charge is 0.376 e. The van der Waals surface area contributed by atoms with Crippen molar-refractivity contribution in [3.63, 3.8) is 0 Å². The summed E-state index contributed by atoms with van der Waals surface area (Å²) in [5, 5.41) is 3.29. The molecular weight excluding hydrogens is 346 g/mol. The third-order valence-corrected chi connectivity index (χ3v) is 5.60. The summed E-state index contributed by atoms with van der Waals surface area (Å²) in [7, 11) is 0. The fourth-order valence-corrected chi connectivity index (χ4v) is 3.67. The Labute approximate surface area is 169 Å². The quantitative estimate of drug-likeness (QED) is 0.752. The second-order valence-electron chi connectivity index (χ2n) is 8.17. The highest BCUT2D eigenvalue weighted by Gasteiger charge is 2.18. The Morgan fingerprint density at radius 1 is 1.07 bits per heavy atom. The average Bonchev–Trinajstić information content (AvgIpc) is 2.72. The van der Waals surface area contributed by atoms with Crippen molar-refractivity contribution >= 4 is 17.3 Å². The van der Waals surface area contributed by atoms with Crippen molar-refractivity contribution in [3.8, 4) is 0 Å². The van der Waals surface area contributed by atoms with E-state index in [1.165, 1.54) is 18.5 Å². The molecule has 1 amide bonds. The van der Waals surface area contributed by atoms with Crippen molar-refractivity contribution in [1.82, 2.24) is 4.90 Å². The highest BCUT2D eigenvalue weighted by atomic mass is 16.2. The summed E-state index contributed by atoms with van der Waals surface area (Å²) in [6.07, 6.45) is 2.53. The van der Waals surface area contributed by atoms with Crippen LogP contribution in [0.3, 0.4) is 0 Å². The van der Waals surface area contributed by atoms with Crippen molar-refractivity contribution in [2.24, 2.45) is 5.92 Å². The molecule has 1 fully saturated rings. The normalized spacial score (nSPS) is 14.9. The molecule has 0 radical (unpaired) electrons. The smallest absolute Gasteiger partial charge is 0.242 e. The van der Waals surface area contributed by atoms with Crippen LogP contribution in [0.25, 0.3) is 0 Å². The van der Waals surface area contributed by atoms with Crippen LogP contribution in [-0.2, 0) is 11.3 Å². The van der Waals surface area contributed by atoms with Crippen LogP contribution in [-0.4, -0.2) is 36.5 Å². The molecule has 0 unspecified atom stereocenters. The molecule has 1 heterocycles. The number of hydrogen-bond acceptors (Lipinski definition) is 3. The zero-order chi connectivity index (χ0) is 19.9. The summed E-state index contributed by atoms with van der Waals surface area (Å²) in [5.41, 5.74) is 3.42. The molecule has 4 nitrogen and oxygen atoms in total. The van der Waals surface area contributed by atoms with Crippen LogP contribution in [0.4, 0.5) is 11.4 Å². The van der Waals surface area contributed by atoms with E-state index in [1.54, 1.807) is 0 Å². The standard InChI is InChI=1S/C24H33N3O/c1-19(2)27(18-21-7-5-4-6-8-21)24(28)17-25-22-9-11-23(12-10-22)26-15-13-20(3)14-16-26/h4-12,19-20,25H,13-18H2,1-3H3. The van der Waals surface area contributed by atoms with Gasteiger partial charge in [0.15, 0.2) is 0 Å². The molecule has 0 saturated carbocycles. The van der Waals surface area contributed by atoms with E-state index in [-0.39, 0.29) is 11.9 Å². The first kappa shape index (κ1) is 20.2. The monoisotopic (exact) mass is 379 g/mol. The number of rotatable bonds is 7. The van der Waals surface area contributed by atoms with Gasteiger partial charge >= 0.3 is 0 Å². The summed E-state index contributed by atoms with van der Waals surface area (Å²) in [6.45, 7) is 9.69. The highest BCUT2D eigenvalue weighted by molar-refractivity contribution is 5.81. The van der Waals surface area contributed by atoms with Gasteiger partial charge in [-0.3, -0.25) is 4.79 Å². The van der Waals surface area contributed by atoms with Gasteiger partial charge in [-0.1, -0.05) is 37.3 Å². The van der Waals surface area contributed by atoms with Crippen LogP contribution in [0.1, 0.15) is 39.2 Å². The lowest BCUT2D eigenvalue weighted by molar-refractivity contribution is -0.131. The van der Waals surface area contributed by atoms with E-state index in [0.29, 0.717) is 13.1 Å². The molecule has 150 valence electrons. The van der Waals surface area contributed by atoms with E-state index in [0.717, 1.165) is 30.3 Å². The number of carbonyl (C=O) groups is 1. The molecule has 0 bridgehead atoms. The molecule has 1 saturated heterocycles. The topological polar surface area (TPSA) is 35.6 Å². The van der Waals surface area contributed by atoms with E-state index in [9.17, 15) is 4.79 Å². The van der Waals surface area contributed by atoms with Gasteiger partial charge in [-0.2, -0.15) is 0 Å². The SMILES string of the molecule is CC1CCN(c2ccc(NCC(=O)N(Cc3ccccc3)C(C)C)cc2)CC1. The zero-order valence-corrected chi connectivity index (χ0v) is 17.4. The summed E-state index contributed by atoms with van der Waals surface area (Å²) < 4.78 is 0. The second-order valence-corrected chi connectivity index (χ2v) is 8.17. The summed E-state index contributed by atoms with van der Waals surface area (Å²) in [5.74, 6) is 0.955. The molecule has 2 aromatic rings. The van der Waals surface area contributed by atoms with Crippen molar-refractivity contribution in [2.75, 3.05) is 29.9 Å². The molecular formula is C24H33N3O. The lowest BCUT2D eigenvalue weighted by Crippen LogP contribution is -2.39. The molecule has 1 aliphatic rings. The van der Waals surface area contributed by atoms with E-state index in [2.05, 4.69) is 67.4 Å². The minimum atomic E-state index is 0.118. The van der Waals surface area contributed by atoms with E-state index < -0.39 is 0 Å². The third-order valence-electron chi connectivity index (χ3n) is 5.60. The number of nitrogens with one attached hydrogen (secondary N) is 1. The number of amides is 1. The second kappa shape index (κ2) is 9.63. The summed E-state index contributed by atoms with van der Waals surface area (Å²) in [4.78, 5) is 17.1. The number of hydrogen-bond donors (Lipinski definition) is 1. The first-order valence-electron chi connectivity index (χ1n) is 10.4. The van der Waals surface area contributed by atoms with Gasteiger partial charge in [0.1, 0.15) is 0 Å². The Morgan fingerprint density at radius 2 is 1.71 bits per heavy atom. The maximum absolute atomic E-state index is 12.8. The van der Waals surface area contributed by atoms with Crippen LogP contribution < -0.4 is 10.2 Å². The first-order valence-corrected chi connectivity index (χ1v) is 10.4. The third kappa shape index (κ3) is 5.51. The lowest BCUT2D eigenvalue weighted by atomic mass is 9.99. The van der Waals surface area contributed by atoms with Crippen molar-refractivity contribution in [2.45, 2.75) is 46.2 Å². The van der Waals surface area contributed by atoms with Gasteiger partial charge in [0.2, 0.25) is 5.91 Å². The predicted molar refractivity (Wildman–Crippen MR) is 118 cm³/mol. The summed E-state index contributed by atoms with van der Waals surface area (Å²) in [6, 6.07) is 18.8. The Kier molecular flexibility index (Phi) is 6.96. The molecule has 0 aromatic heterocycles. The fourth-order valence-electron chi connectivity index (χ4n) is 3.67. The maximum atomic E-state index is 12.8. The Morgan fingerprint density at radius 3 is 2.32 bits per heavy atom. The Bertz CT molecular complexity index is 734. The number of benzene rings is 2. The molecule has 28 heavy (non-hydrogen) atoms. The molecule has 2 aromatic carbocycles. The van der Waals surface area contributed by atoms with Crippen molar-refractivity contribution in [1.29, 1.82) is 0 Å². The average molecular weight is 380 g/mol. The fraction of sp³-hybridized carbons (Fsp3) is 0.458. The number of piperidine rings is 1. The van der Waals surface area contributed by atoms with Crippen LogP contribution in [0.5, 0.6) is 0 Å². The van der Waals surface area contributed by atoms with Gasteiger partial charge in [-0.25, -0.2) is 0 Å². The molecule has 0 spiro atoms. The lowest BCUT2D eigenvalue weighted by Gasteiger charge is -2.32. The minimum absolute atomic E-state index is 0.118. The van der Waals surface area contributed by atoms with Gasteiger partial charge in [0.25, 0.3) is 0 Å². The molecule has 4 heteroatoms. The van der Waals surface area contributed by atoms with E-state index >= 15 is 0 Å². The van der Waals surface area contributed by atoms with Crippen LogP contribution in [0.15, 0.2) is 54.6 Å². The van der Waals surface area contributed by atoms with Gasteiger partial charge in [-0.15, -0.1) is 0 Å². The van der Waals surface area contributed by atoms with Gasteiger partial charge in [-0.05, 0) is 62.4 Å². The van der Waals surface area contributed by atoms with E-state index in [4.69, 9.17) is 0 Å². The van der Waals surface area contributed by atoms with Gasteiger partial charge < -0.3 is 15.1 Å². The number of nitrogens with zero attached hydrogens (tertiary/aromatic N) is 2. The number of anilines is 2. The van der Waals surface area contributed by atoms with Gasteiger partial charge in [0.05, 0.1) is 6.54 Å². The highest BCUT2D eigenvalue weighted by Crippen LogP contribution is 2.24. The number of carbonyl (C=O) groups excluding carboxylic acids is 1. The van der Waals surface area contributed by atoms with Crippen LogP contribution >= 0.6 is 0 Å². The molecule has 0 aliphatic carbocycles. The zero-order valence-electron chi connectivity index (χ0n) is 17.4. The Hall–Kier alpha value is -2.49. The van der Waals surface area contributed by atoms with Gasteiger partial charge in [0, 0.05) is 37.1 Å². The molecule has 0 atom stereocenters. The summed E-state index contributed by atoms with van der Waals surface area (Å²) >= 11 is 0. The molecule has 1 aliphatic heterocycles. The minimum Gasteiger partial charge on any atom is -0.376 e. The predicted octanol–water partition coefficient (Wildman–Crippen LogP) is 4.77. The van der Waals surface area contributed by atoms with Crippen molar-refractivity contribution in [3.05, 3.63) is 60.2 Å². The van der Waals surface area contributed by atoms with Crippen LogP contribution in [0, 0.1) is 5.92 Å². The van der Waals surface area contributed by atoms with Crippen LogP contribution in [0.2, 0.25) is 0 Å². The maximum Gasteiger partial charge on any atom is 0.242 e. The molecule has 1 N–H and O–H groups in total.